The first-order chi connectivity index (χ1) is 26.0. The third-order valence-electron chi connectivity index (χ3n) is 10.8. The Morgan fingerprint density at radius 2 is 1.69 bits per heavy atom. The van der Waals surface area contributed by atoms with Gasteiger partial charge in [0.05, 0.1) is 12.1 Å². The molecule has 4 fully saturated rings. The molecule has 16 heteroatoms. The number of rotatable bonds is 13. The highest BCUT2D eigenvalue weighted by Crippen LogP contribution is 2.28. The SMILES string of the molecule is Cc1ccc2c(OCC(=O)N3CCC[C@H]3C(=O)NC3CCC3)cc(C(=O)N[C@@H](CCC(=O)OCC3CCOCC3)C(=O)N3CCN(C(=O)O)CC3)nc2c1. The lowest BCUT2D eigenvalue weighted by Crippen LogP contribution is -2.55. The molecule has 0 unspecified atom stereocenters. The number of hydrogen-bond acceptors (Lipinski definition) is 10. The number of fused-ring (bicyclic) bond motifs is 1. The number of esters is 1. The van der Waals surface area contributed by atoms with Gasteiger partial charge in [0.25, 0.3) is 11.8 Å². The van der Waals surface area contributed by atoms with Crippen molar-refractivity contribution in [3.8, 4) is 5.75 Å². The van der Waals surface area contributed by atoms with Gasteiger partial charge in [-0.2, -0.15) is 0 Å². The molecule has 2 atom stereocenters. The van der Waals surface area contributed by atoms with E-state index in [4.69, 9.17) is 14.2 Å². The number of carbonyl (C=O) groups excluding carboxylic acids is 5. The second-order valence-corrected chi connectivity index (χ2v) is 14.6. The third-order valence-corrected chi connectivity index (χ3v) is 10.8. The van der Waals surface area contributed by atoms with Crippen LogP contribution in [0.25, 0.3) is 10.9 Å². The second kappa shape index (κ2) is 17.9. The van der Waals surface area contributed by atoms with E-state index in [1.807, 2.05) is 13.0 Å². The number of amides is 5. The maximum absolute atomic E-state index is 13.9. The number of hydrogen-bond donors (Lipinski definition) is 3. The number of carbonyl (C=O) groups is 6. The van der Waals surface area contributed by atoms with Gasteiger partial charge in [0.1, 0.15) is 23.5 Å². The van der Waals surface area contributed by atoms with Crippen molar-refractivity contribution in [3.63, 3.8) is 0 Å². The summed E-state index contributed by atoms with van der Waals surface area (Å²) in [4.78, 5) is 87.1. The molecular formula is C38H50N6O10. The summed E-state index contributed by atoms with van der Waals surface area (Å²) >= 11 is 0. The van der Waals surface area contributed by atoms with E-state index in [9.17, 15) is 33.9 Å². The number of aryl methyl sites for hydroxylation is 1. The summed E-state index contributed by atoms with van der Waals surface area (Å²) in [5.41, 5.74) is 1.25. The largest absolute Gasteiger partial charge is 0.483 e. The number of nitrogens with one attached hydrogen (secondary N) is 2. The number of pyridine rings is 1. The van der Waals surface area contributed by atoms with Crippen LogP contribution in [0.1, 0.15) is 73.8 Å². The summed E-state index contributed by atoms with van der Waals surface area (Å²) in [6, 6.07) is 5.32. The van der Waals surface area contributed by atoms with Crippen LogP contribution in [-0.4, -0.2) is 138 Å². The molecule has 1 aromatic carbocycles. The van der Waals surface area contributed by atoms with E-state index in [2.05, 4.69) is 15.6 Å². The third kappa shape index (κ3) is 9.75. The van der Waals surface area contributed by atoms with Gasteiger partial charge in [0, 0.05) is 69.9 Å². The fourth-order valence-corrected chi connectivity index (χ4v) is 7.24. The maximum atomic E-state index is 13.9. The van der Waals surface area contributed by atoms with E-state index < -0.39 is 36.0 Å². The smallest absolute Gasteiger partial charge is 0.407 e. The molecule has 2 aromatic rings. The minimum Gasteiger partial charge on any atom is -0.483 e. The van der Waals surface area contributed by atoms with Gasteiger partial charge in [-0.15, -0.1) is 0 Å². The average Bonchev–Trinajstić information content (AvgIpc) is 3.66. The molecule has 4 aliphatic rings. The Balaban J connectivity index is 1.15. The van der Waals surface area contributed by atoms with Crippen molar-refractivity contribution in [2.24, 2.45) is 5.92 Å². The lowest BCUT2D eigenvalue weighted by Gasteiger charge is -2.35. The molecule has 1 saturated carbocycles. The first-order valence-electron chi connectivity index (χ1n) is 19.0. The number of nitrogens with zero attached hydrogens (tertiary/aromatic N) is 4. The first-order valence-corrected chi connectivity index (χ1v) is 19.0. The first kappa shape index (κ1) is 38.7. The monoisotopic (exact) mass is 750 g/mol. The van der Waals surface area contributed by atoms with Gasteiger partial charge < -0.3 is 44.7 Å². The van der Waals surface area contributed by atoms with E-state index in [1.54, 1.807) is 17.0 Å². The van der Waals surface area contributed by atoms with E-state index in [0.29, 0.717) is 43.5 Å². The number of aromatic nitrogens is 1. The highest BCUT2D eigenvalue weighted by atomic mass is 16.5. The van der Waals surface area contributed by atoms with Gasteiger partial charge in [-0.25, -0.2) is 9.78 Å². The minimum absolute atomic E-state index is 0.0494. The Kier molecular flexibility index (Phi) is 12.8. The summed E-state index contributed by atoms with van der Waals surface area (Å²) in [6.07, 6.45) is 4.59. The summed E-state index contributed by atoms with van der Waals surface area (Å²) in [6.45, 7) is 3.93. The number of likely N-dealkylation sites (tertiary alicyclic amines) is 1. The van der Waals surface area contributed by atoms with Crippen molar-refractivity contribution in [1.82, 2.24) is 30.3 Å². The van der Waals surface area contributed by atoms with Gasteiger partial charge in [-0.05, 0) is 81.9 Å². The molecule has 5 amide bonds. The molecule has 4 heterocycles. The molecule has 1 aliphatic carbocycles. The van der Waals surface area contributed by atoms with Crippen LogP contribution < -0.4 is 15.4 Å². The highest BCUT2D eigenvalue weighted by Gasteiger charge is 2.36. The molecule has 16 nitrogen and oxygen atoms in total. The topological polar surface area (TPSA) is 197 Å². The second-order valence-electron chi connectivity index (χ2n) is 14.6. The fourth-order valence-electron chi connectivity index (χ4n) is 7.24. The van der Waals surface area contributed by atoms with Gasteiger partial charge >= 0.3 is 12.1 Å². The quantitative estimate of drug-likeness (QED) is 0.254. The molecular weight excluding hydrogens is 700 g/mol. The van der Waals surface area contributed by atoms with Crippen LogP contribution in [0.3, 0.4) is 0 Å². The molecule has 292 valence electrons. The molecule has 0 spiro atoms. The number of carboxylic acid groups (broad SMARTS) is 1. The van der Waals surface area contributed by atoms with Crippen LogP contribution in [-0.2, 0) is 28.7 Å². The van der Waals surface area contributed by atoms with Gasteiger partial charge in [-0.3, -0.25) is 24.0 Å². The zero-order valence-electron chi connectivity index (χ0n) is 30.8. The summed E-state index contributed by atoms with van der Waals surface area (Å²) in [5, 5.41) is 15.7. The Morgan fingerprint density at radius 3 is 2.39 bits per heavy atom. The Hall–Kier alpha value is -4.99. The summed E-state index contributed by atoms with van der Waals surface area (Å²) in [5.74, 6) is -1.70. The Bertz CT molecular complexity index is 1720. The molecule has 6 rings (SSSR count). The molecule has 0 bridgehead atoms. The lowest BCUT2D eigenvalue weighted by atomic mass is 9.93. The molecule has 3 aliphatic heterocycles. The number of ether oxygens (including phenoxy) is 3. The zero-order chi connectivity index (χ0) is 38.2. The number of piperazine rings is 1. The summed E-state index contributed by atoms with van der Waals surface area (Å²) in [7, 11) is 0. The van der Waals surface area contributed by atoms with Crippen molar-refractivity contribution in [1.29, 1.82) is 0 Å². The van der Waals surface area contributed by atoms with Crippen molar-refractivity contribution in [2.75, 3.05) is 59.2 Å². The Morgan fingerprint density at radius 1 is 0.944 bits per heavy atom. The average molecular weight is 751 g/mol. The van der Waals surface area contributed by atoms with Gasteiger partial charge in [-0.1, -0.05) is 6.07 Å². The molecule has 1 aromatic heterocycles. The van der Waals surface area contributed by atoms with E-state index in [-0.39, 0.29) is 87.5 Å². The van der Waals surface area contributed by atoms with Gasteiger partial charge in [0.15, 0.2) is 6.61 Å². The molecule has 3 N–H and O–H groups in total. The molecule has 3 saturated heterocycles. The zero-order valence-corrected chi connectivity index (χ0v) is 30.8. The summed E-state index contributed by atoms with van der Waals surface area (Å²) < 4.78 is 16.9. The fraction of sp³-hybridized carbons (Fsp3) is 0.605. The molecule has 54 heavy (non-hydrogen) atoms. The van der Waals surface area contributed by atoms with E-state index in [0.717, 1.165) is 37.7 Å². The number of benzene rings is 1. The normalized spacial score (nSPS) is 19.9. The maximum Gasteiger partial charge on any atom is 0.407 e. The van der Waals surface area contributed by atoms with Crippen LogP contribution in [0.5, 0.6) is 5.75 Å². The van der Waals surface area contributed by atoms with Gasteiger partial charge in [0.2, 0.25) is 11.8 Å². The van der Waals surface area contributed by atoms with Crippen molar-refractivity contribution >= 4 is 46.6 Å². The van der Waals surface area contributed by atoms with Crippen molar-refractivity contribution in [3.05, 3.63) is 35.5 Å². The predicted molar refractivity (Wildman–Crippen MR) is 194 cm³/mol. The van der Waals surface area contributed by atoms with Crippen LogP contribution in [0.4, 0.5) is 4.79 Å². The Labute approximate surface area is 313 Å². The van der Waals surface area contributed by atoms with Crippen LogP contribution in [0.2, 0.25) is 0 Å². The predicted octanol–water partition coefficient (Wildman–Crippen LogP) is 2.25. The highest BCUT2D eigenvalue weighted by molar-refractivity contribution is 5.99. The van der Waals surface area contributed by atoms with Crippen LogP contribution >= 0.6 is 0 Å². The van der Waals surface area contributed by atoms with Crippen molar-refractivity contribution in [2.45, 2.75) is 82.8 Å². The van der Waals surface area contributed by atoms with Crippen LogP contribution in [0, 0.1) is 12.8 Å². The van der Waals surface area contributed by atoms with Crippen molar-refractivity contribution < 1.29 is 48.1 Å². The van der Waals surface area contributed by atoms with E-state index in [1.165, 1.54) is 15.9 Å². The standard InChI is InChI=1S/C38H50N6O10/c1-24-7-8-27-29(20-24)40-30(21-32(27)53-23-33(45)44-13-3-6-31(44)36(48)39-26-4-2-5-26)35(47)41-28(37(49)42-14-16-43(17-15-42)38(50)51)9-10-34(46)54-22-25-11-18-52-19-12-25/h7-8,20-21,25-26,28,31H,2-6,9-19,22-23H2,1H3,(H,39,48)(H,41,47)(H,50,51)/t28-,31-/m0/s1. The van der Waals surface area contributed by atoms with E-state index >= 15 is 0 Å². The van der Waals surface area contributed by atoms with Crippen LogP contribution in [0.15, 0.2) is 24.3 Å². The lowest BCUT2D eigenvalue weighted by molar-refractivity contribution is -0.146. The molecule has 0 radical (unpaired) electrons. The minimum atomic E-state index is -1.14.